The van der Waals surface area contributed by atoms with Crippen molar-refractivity contribution in [1.82, 2.24) is 14.9 Å². The predicted octanol–water partition coefficient (Wildman–Crippen LogP) is 2.46. The molecule has 6 nitrogen and oxygen atoms in total. The lowest BCUT2D eigenvalue weighted by Crippen LogP contribution is -2.28. The fraction of sp³-hybridized carbons (Fsp3) is 0.421. The molecule has 0 spiro atoms. The quantitative estimate of drug-likeness (QED) is 0.861. The summed E-state index contributed by atoms with van der Waals surface area (Å²) in [4.78, 5) is 24.9. The number of aryl methyl sites for hydroxylation is 1. The van der Waals surface area contributed by atoms with Gasteiger partial charge in [0.15, 0.2) is 0 Å². The number of nitrogens with zero attached hydrogens (tertiary/aromatic N) is 4. The zero-order valence-electron chi connectivity index (χ0n) is 15.4. The number of hydrogen-bond acceptors (Lipinski definition) is 5. The minimum absolute atomic E-state index is 0.0225. The summed E-state index contributed by atoms with van der Waals surface area (Å²) in [5, 5.41) is 3.35. The standard InChI is InChI=1S/C19H24FN5O/c1-4-15-9-17(23-19(22-15)24(2)3)21-16-10-18(26)25(12-16)11-13-6-5-7-14(20)8-13/h5-9,16H,4,10-12H2,1-3H3,(H,21,22,23). The monoisotopic (exact) mass is 357 g/mol. The minimum atomic E-state index is -0.284. The fourth-order valence-electron chi connectivity index (χ4n) is 3.03. The molecule has 26 heavy (non-hydrogen) atoms. The van der Waals surface area contributed by atoms with Crippen LogP contribution in [0.2, 0.25) is 0 Å². The third-order valence-corrected chi connectivity index (χ3v) is 4.36. The van der Waals surface area contributed by atoms with Gasteiger partial charge in [0.2, 0.25) is 11.9 Å². The Morgan fingerprint density at radius 2 is 2.12 bits per heavy atom. The Labute approximate surface area is 153 Å². The van der Waals surface area contributed by atoms with Gasteiger partial charge in [-0.3, -0.25) is 4.79 Å². The van der Waals surface area contributed by atoms with Crippen LogP contribution in [0.15, 0.2) is 30.3 Å². The summed E-state index contributed by atoms with van der Waals surface area (Å²) < 4.78 is 13.3. The maximum atomic E-state index is 13.3. The average molecular weight is 357 g/mol. The van der Waals surface area contributed by atoms with Crippen LogP contribution in [0, 0.1) is 5.82 Å². The first kappa shape index (κ1) is 18.1. The molecule has 1 aromatic heterocycles. The molecule has 1 aliphatic heterocycles. The van der Waals surface area contributed by atoms with E-state index in [0.717, 1.165) is 23.5 Å². The number of amides is 1. The normalized spacial score (nSPS) is 16.8. The van der Waals surface area contributed by atoms with E-state index in [1.807, 2.05) is 38.1 Å². The number of likely N-dealkylation sites (tertiary alicyclic amines) is 1. The number of benzene rings is 1. The molecule has 1 amide bonds. The number of nitrogens with one attached hydrogen (secondary N) is 1. The first-order valence-corrected chi connectivity index (χ1v) is 8.78. The number of halogens is 1. The summed E-state index contributed by atoms with van der Waals surface area (Å²) in [5.41, 5.74) is 1.75. The lowest BCUT2D eigenvalue weighted by atomic mass is 10.2. The summed E-state index contributed by atoms with van der Waals surface area (Å²) in [6, 6.07) is 8.27. The smallest absolute Gasteiger partial charge is 0.226 e. The molecule has 0 saturated carbocycles. The van der Waals surface area contributed by atoms with E-state index in [4.69, 9.17) is 0 Å². The van der Waals surface area contributed by atoms with Gasteiger partial charge in [0.1, 0.15) is 11.6 Å². The van der Waals surface area contributed by atoms with Gasteiger partial charge in [0, 0.05) is 45.4 Å². The predicted molar refractivity (Wildman–Crippen MR) is 99.6 cm³/mol. The first-order valence-electron chi connectivity index (χ1n) is 8.78. The van der Waals surface area contributed by atoms with E-state index in [9.17, 15) is 9.18 Å². The highest BCUT2D eigenvalue weighted by molar-refractivity contribution is 5.80. The molecule has 1 unspecified atom stereocenters. The lowest BCUT2D eigenvalue weighted by molar-refractivity contribution is -0.128. The Kier molecular flexibility index (Phi) is 5.35. The van der Waals surface area contributed by atoms with Gasteiger partial charge >= 0.3 is 0 Å². The molecule has 1 atom stereocenters. The van der Waals surface area contributed by atoms with Crippen molar-refractivity contribution in [2.45, 2.75) is 32.4 Å². The van der Waals surface area contributed by atoms with Crippen LogP contribution >= 0.6 is 0 Å². The zero-order chi connectivity index (χ0) is 18.7. The molecule has 0 aliphatic carbocycles. The summed E-state index contributed by atoms with van der Waals surface area (Å²) in [6.07, 6.45) is 1.21. The van der Waals surface area contributed by atoms with Crippen molar-refractivity contribution in [1.29, 1.82) is 0 Å². The molecule has 1 aliphatic rings. The molecule has 1 N–H and O–H groups in total. The summed E-state index contributed by atoms with van der Waals surface area (Å²) >= 11 is 0. The first-order chi connectivity index (χ1) is 12.4. The zero-order valence-corrected chi connectivity index (χ0v) is 15.4. The van der Waals surface area contributed by atoms with Crippen LogP contribution in [-0.2, 0) is 17.8 Å². The molecular formula is C19H24FN5O. The van der Waals surface area contributed by atoms with Crippen molar-refractivity contribution in [3.8, 4) is 0 Å². The van der Waals surface area contributed by atoms with Crippen LogP contribution in [0.3, 0.4) is 0 Å². The lowest BCUT2D eigenvalue weighted by Gasteiger charge is -2.19. The van der Waals surface area contributed by atoms with Crippen LogP contribution in [0.1, 0.15) is 24.6 Å². The molecule has 2 aromatic rings. The second-order valence-corrected chi connectivity index (χ2v) is 6.74. The highest BCUT2D eigenvalue weighted by Crippen LogP contribution is 2.20. The van der Waals surface area contributed by atoms with Crippen LogP contribution in [-0.4, -0.2) is 47.5 Å². The molecule has 1 aromatic carbocycles. The molecular weight excluding hydrogens is 333 g/mol. The largest absolute Gasteiger partial charge is 0.365 e. The Bertz CT molecular complexity index is 795. The number of rotatable bonds is 6. The third-order valence-electron chi connectivity index (χ3n) is 4.36. The summed E-state index contributed by atoms with van der Waals surface area (Å²) in [5.74, 6) is 1.15. The van der Waals surface area contributed by atoms with E-state index < -0.39 is 0 Å². The maximum absolute atomic E-state index is 13.3. The Morgan fingerprint density at radius 1 is 1.31 bits per heavy atom. The molecule has 2 heterocycles. The maximum Gasteiger partial charge on any atom is 0.226 e. The third kappa shape index (κ3) is 4.28. The van der Waals surface area contributed by atoms with Crippen LogP contribution < -0.4 is 10.2 Å². The molecule has 1 fully saturated rings. The van der Waals surface area contributed by atoms with Gasteiger partial charge in [-0.25, -0.2) is 9.37 Å². The van der Waals surface area contributed by atoms with E-state index in [1.165, 1.54) is 12.1 Å². The van der Waals surface area contributed by atoms with Crippen molar-refractivity contribution >= 4 is 17.7 Å². The van der Waals surface area contributed by atoms with Crippen LogP contribution in [0.5, 0.6) is 0 Å². The number of carbonyl (C=O) groups excluding carboxylic acids is 1. The van der Waals surface area contributed by atoms with Crippen molar-refractivity contribution in [3.05, 3.63) is 47.4 Å². The second-order valence-electron chi connectivity index (χ2n) is 6.74. The van der Waals surface area contributed by atoms with Crippen molar-refractivity contribution in [3.63, 3.8) is 0 Å². The molecule has 0 bridgehead atoms. The van der Waals surface area contributed by atoms with Gasteiger partial charge in [-0.2, -0.15) is 4.98 Å². The average Bonchev–Trinajstić information content (AvgIpc) is 2.93. The molecule has 3 rings (SSSR count). The topological polar surface area (TPSA) is 61.4 Å². The van der Waals surface area contributed by atoms with Crippen molar-refractivity contribution < 1.29 is 9.18 Å². The minimum Gasteiger partial charge on any atom is -0.365 e. The number of aromatic nitrogens is 2. The molecule has 7 heteroatoms. The number of hydrogen-bond donors (Lipinski definition) is 1. The Balaban J connectivity index is 1.68. The van der Waals surface area contributed by atoms with E-state index >= 15 is 0 Å². The van der Waals surface area contributed by atoms with E-state index in [2.05, 4.69) is 15.3 Å². The number of carbonyl (C=O) groups is 1. The van der Waals surface area contributed by atoms with E-state index in [1.54, 1.807) is 11.0 Å². The molecule has 138 valence electrons. The van der Waals surface area contributed by atoms with E-state index in [-0.39, 0.29) is 17.8 Å². The highest BCUT2D eigenvalue weighted by Gasteiger charge is 2.30. The Hall–Kier alpha value is -2.70. The highest BCUT2D eigenvalue weighted by atomic mass is 19.1. The number of anilines is 2. The van der Waals surface area contributed by atoms with Gasteiger partial charge in [-0.15, -0.1) is 0 Å². The van der Waals surface area contributed by atoms with Gasteiger partial charge in [-0.05, 0) is 24.1 Å². The van der Waals surface area contributed by atoms with Crippen LogP contribution in [0.4, 0.5) is 16.2 Å². The summed E-state index contributed by atoms with van der Waals surface area (Å²) in [7, 11) is 3.80. The van der Waals surface area contributed by atoms with Gasteiger partial charge in [0.05, 0.1) is 6.04 Å². The van der Waals surface area contributed by atoms with Gasteiger partial charge < -0.3 is 15.1 Å². The molecule has 0 radical (unpaired) electrons. The Morgan fingerprint density at radius 3 is 2.81 bits per heavy atom. The van der Waals surface area contributed by atoms with Gasteiger partial charge in [-0.1, -0.05) is 19.1 Å². The van der Waals surface area contributed by atoms with Crippen molar-refractivity contribution in [2.24, 2.45) is 0 Å². The fourth-order valence-corrected chi connectivity index (χ4v) is 3.03. The van der Waals surface area contributed by atoms with Crippen LogP contribution in [0.25, 0.3) is 0 Å². The van der Waals surface area contributed by atoms with E-state index in [0.29, 0.717) is 25.5 Å². The summed E-state index contributed by atoms with van der Waals surface area (Å²) in [6.45, 7) is 3.03. The second kappa shape index (κ2) is 7.68. The SMILES string of the molecule is CCc1cc(NC2CC(=O)N(Cc3cccc(F)c3)C2)nc(N(C)C)n1. The van der Waals surface area contributed by atoms with Gasteiger partial charge in [0.25, 0.3) is 0 Å². The molecule has 1 saturated heterocycles. The van der Waals surface area contributed by atoms with Crippen molar-refractivity contribution in [2.75, 3.05) is 30.9 Å².